The molecule has 0 radical (unpaired) electrons. The van der Waals surface area contributed by atoms with Gasteiger partial charge in [0.05, 0.1) is 0 Å². The summed E-state index contributed by atoms with van der Waals surface area (Å²) in [6, 6.07) is 5.99. The minimum absolute atomic E-state index is 0.110. The van der Waals surface area contributed by atoms with Gasteiger partial charge in [-0.1, -0.05) is 34.7 Å². The molecule has 1 aromatic heterocycles. The van der Waals surface area contributed by atoms with E-state index in [0.717, 1.165) is 31.2 Å². The predicted octanol–water partition coefficient (Wildman–Crippen LogP) is 3.54. The van der Waals surface area contributed by atoms with E-state index in [1.807, 2.05) is 32.0 Å². The van der Waals surface area contributed by atoms with Gasteiger partial charge in [0.15, 0.2) is 4.34 Å². The van der Waals surface area contributed by atoms with Crippen LogP contribution in [0.25, 0.3) is 0 Å². The second kappa shape index (κ2) is 6.02. The largest absolute Gasteiger partial charge is 0.328 e. The monoisotopic (exact) mass is 299 g/mol. The molecule has 0 amide bonds. The second-order valence-electron chi connectivity index (χ2n) is 4.12. The molecule has 1 heterocycles. The van der Waals surface area contributed by atoms with Gasteiger partial charge in [0.1, 0.15) is 5.01 Å². The maximum atomic E-state index is 6.03. The van der Waals surface area contributed by atoms with Crippen molar-refractivity contribution in [2.75, 3.05) is 0 Å². The lowest BCUT2D eigenvalue weighted by Crippen LogP contribution is -2.18. The van der Waals surface area contributed by atoms with Crippen molar-refractivity contribution in [2.45, 2.75) is 35.5 Å². The van der Waals surface area contributed by atoms with Crippen molar-refractivity contribution in [2.24, 2.45) is 5.73 Å². The van der Waals surface area contributed by atoms with Gasteiger partial charge in [0, 0.05) is 16.0 Å². The molecule has 0 aliphatic rings. The number of nitrogens with two attached hydrogens (primary N) is 1. The van der Waals surface area contributed by atoms with Crippen LogP contribution in [0.15, 0.2) is 27.4 Å². The molecule has 0 saturated heterocycles. The average molecular weight is 300 g/mol. The van der Waals surface area contributed by atoms with Crippen LogP contribution in [0, 0.1) is 6.92 Å². The van der Waals surface area contributed by atoms with Crippen molar-refractivity contribution < 1.29 is 0 Å². The fourth-order valence-electron chi connectivity index (χ4n) is 1.57. The third-order valence-electron chi connectivity index (χ3n) is 2.27. The number of aromatic nitrogens is 2. The Morgan fingerprint density at radius 2 is 2.22 bits per heavy atom. The summed E-state index contributed by atoms with van der Waals surface area (Å²) in [4.78, 5) is 1.15. The summed E-state index contributed by atoms with van der Waals surface area (Å²) in [5, 5.41) is 9.85. The summed E-state index contributed by atoms with van der Waals surface area (Å²) >= 11 is 9.24. The van der Waals surface area contributed by atoms with Gasteiger partial charge < -0.3 is 5.73 Å². The summed E-state index contributed by atoms with van der Waals surface area (Å²) < 4.78 is 0.945. The molecule has 0 aliphatic carbocycles. The summed E-state index contributed by atoms with van der Waals surface area (Å²) in [5.41, 5.74) is 7.03. The first-order valence-corrected chi connectivity index (χ1v) is 7.57. The SMILES string of the molecule is Cc1nnc(Sc2ccc(Cl)cc2CC(C)N)s1. The van der Waals surface area contributed by atoms with Crippen molar-refractivity contribution in [1.82, 2.24) is 10.2 Å². The number of halogens is 1. The molecule has 96 valence electrons. The van der Waals surface area contributed by atoms with Crippen molar-refractivity contribution in [1.29, 1.82) is 0 Å². The van der Waals surface area contributed by atoms with Crippen LogP contribution in [-0.4, -0.2) is 16.2 Å². The van der Waals surface area contributed by atoms with Gasteiger partial charge in [-0.25, -0.2) is 0 Å². The fourth-order valence-corrected chi connectivity index (χ4v) is 3.66. The van der Waals surface area contributed by atoms with Crippen LogP contribution >= 0.6 is 34.7 Å². The number of aryl methyl sites for hydroxylation is 1. The molecule has 18 heavy (non-hydrogen) atoms. The van der Waals surface area contributed by atoms with Crippen LogP contribution < -0.4 is 5.73 Å². The Morgan fingerprint density at radius 1 is 1.44 bits per heavy atom. The maximum Gasteiger partial charge on any atom is 0.179 e. The van der Waals surface area contributed by atoms with E-state index in [1.165, 1.54) is 0 Å². The van der Waals surface area contributed by atoms with E-state index in [2.05, 4.69) is 10.2 Å². The molecular formula is C12H14ClN3S2. The minimum Gasteiger partial charge on any atom is -0.328 e. The molecule has 3 nitrogen and oxygen atoms in total. The Hall–Kier alpha value is -0.620. The van der Waals surface area contributed by atoms with Crippen LogP contribution in [0.4, 0.5) is 0 Å². The van der Waals surface area contributed by atoms with Crippen molar-refractivity contribution in [3.8, 4) is 0 Å². The van der Waals surface area contributed by atoms with Crippen LogP contribution in [0.5, 0.6) is 0 Å². The third kappa shape index (κ3) is 3.68. The highest BCUT2D eigenvalue weighted by Crippen LogP contribution is 2.34. The molecule has 6 heteroatoms. The zero-order valence-electron chi connectivity index (χ0n) is 10.2. The maximum absolute atomic E-state index is 6.03. The summed E-state index contributed by atoms with van der Waals surface area (Å²) in [6.07, 6.45) is 0.806. The minimum atomic E-state index is 0.110. The molecule has 0 spiro atoms. The highest BCUT2D eigenvalue weighted by Gasteiger charge is 2.10. The zero-order valence-corrected chi connectivity index (χ0v) is 12.6. The van der Waals surface area contributed by atoms with Gasteiger partial charge in [-0.3, -0.25) is 0 Å². The van der Waals surface area contributed by atoms with E-state index < -0.39 is 0 Å². The number of benzene rings is 1. The molecular weight excluding hydrogens is 286 g/mol. The first-order chi connectivity index (χ1) is 8.54. The Bertz CT molecular complexity index is 540. The highest BCUT2D eigenvalue weighted by molar-refractivity contribution is 8.01. The number of rotatable bonds is 4. The highest BCUT2D eigenvalue weighted by atomic mass is 35.5. The topological polar surface area (TPSA) is 51.8 Å². The lowest BCUT2D eigenvalue weighted by Gasteiger charge is -2.10. The second-order valence-corrected chi connectivity index (χ2v) is 7.03. The molecule has 1 atom stereocenters. The smallest absolute Gasteiger partial charge is 0.179 e. The fraction of sp³-hybridized carbons (Fsp3) is 0.333. The van der Waals surface area contributed by atoms with E-state index >= 15 is 0 Å². The summed E-state index contributed by atoms with van der Waals surface area (Å²) in [6.45, 7) is 3.94. The Labute approximate surface area is 120 Å². The van der Waals surface area contributed by atoms with Gasteiger partial charge in [0.2, 0.25) is 0 Å². The lowest BCUT2D eigenvalue weighted by molar-refractivity contribution is 0.729. The molecule has 0 aliphatic heterocycles. The first kappa shape index (κ1) is 13.8. The van der Waals surface area contributed by atoms with Crippen LogP contribution in [-0.2, 0) is 6.42 Å². The number of nitrogens with zero attached hydrogens (tertiary/aromatic N) is 2. The van der Waals surface area contributed by atoms with Crippen LogP contribution in [0.3, 0.4) is 0 Å². The molecule has 1 unspecified atom stereocenters. The molecule has 1 aromatic carbocycles. The number of hydrogen-bond acceptors (Lipinski definition) is 5. The third-order valence-corrected chi connectivity index (χ3v) is 4.51. The van der Waals surface area contributed by atoms with Crippen molar-refractivity contribution >= 4 is 34.7 Å². The van der Waals surface area contributed by atoms with Gasteiger partial charge in [-0.05, 0) is 44.0 Å². The quantitative estimate of drug-likeness (QED) is 0.938. The van der Waals surface area contributed by atoms with Gasteiger partial charge in [-0.2, -0.15) is 0 Å². The van der Waals surface area contributed by atoms with Crippen LogP contribution in [0.2, 0.25) is 5.02 Å². The lowest BCUT2D eigenvalue weighted by atomic mass is 10.1. The van der Waals surface area contributed by atoms with E-state index in [0.29, 0.717) is 0 Å². The van der Waals surface area contributed by atoms with E-state index in [4.69, 9.17) is 17.3 Å². The predicted molar refractivity (Wildman–Crippen MR) is 77.6 cm³/mol. The Balaban J connectivity index is 2.26. The van der Waals surface area contributed by atoms with E-state index in [9.17, 15) is 0 Å². The van der Waals surface area contributed by atoms with E-state index in [-0.39, 0.29) is 6.04 Å². The Kier molecular flexibility index (Phi) is 4.61. The van der Waals surface area contributed by atoms with Crippen LogP contribution in [0.1, 0.15) is 17.5 Å². The number of hydrogen-bond donors (Lipinski definition) is 1. The standard InChI is InChI=1S/C12H14ClN3S2/c1-7(14)5-9-6-10(13)3-4-11(9)18-12-16-15-8(2)17-12/h3-4,6-7H,5,14H2,1-2H3. The normalized spacial score (nSPS) is 12.7. The first-order valence-electron chi connectivity index (χ1n) is 5.56. The molecule has 2 rings (SSSR count). The average Bonchev–Trinajstić information content (AvgIpc) is 2.67. The summed E-state index contributed by atoms with van der Waals surface area (Å²) in [5.74, 6) is 0. The molecule has 0 bridgehead atoms. The summed E-state index contributed by atoms with van der Waals surface area (Å²) in [7, 11) is 0. The van der Waals surface area contributed by atoms with Gasteiger partial charge >= 0.3 is 0 Å². The van der Waals surface area contributed by atoms with Gasteiger partial charge in [-0.15, -0.1) is 10.2 Å². The molecule has 0 saturated carbocycles. The molecule has 2 aromatic rings. The Morgan fingerprint density at radius 3 is 2.83 bits per heavy atom. The molecule has 0 fully saturated rings. The van der Waals surface area contributed by atoms with Crippen molar-refractivity contribution in [3.05, 3.63) is 33.8 Å². The van der Waals surface area contributed by atoms with Gasteiger partial charge in [0.25, 0.3) is 0 Å². The zero-order chi connectivity index (χ0) is 13.1. The van der Waals surface area contributed by atoms with Crippen molar-refractivity contribution in [3.63, 3.8) is 0 Å². The molecule has 2 N–H and O–H groups in total. The van der Waals surface area contributed by atoms with E-state index in [1.54, 1.807) is 23.1 Å².